The second kappa shape index (κ2) is 7.55. The Morgan fingerprint density at radius 2 is 2.00 bits per heavy atom. The van der Waals surface area contributed by atoms with Crippen LogP contribution < -0.4 is 20.1 Å². The number of anilines is 1. The summed E-state index contributed by atoms with van der Waals surface area (Å²) in [6.45, 7) is 4.14. The van der Waals surface area contributed by atoms with Crippen molar-refractivity contribution in [3.8, 4) is 11.5 Å². The minimum absolute atomic E-state index is 0.347. The number of hydrogen-bond acceptors (Lipinski definition) is 6. The van der Waals surface area contributed by atoms with Crippen molar-refractivity contribution >= 4 is 27.5 Å². The van der Waals surface area contributed by atoms with Gasteiger partial charge in [-0.1, -0.05) is 34.1 Å². The molecular formula is C21H22BrN3O5. The molecule has 0 saturated carbocycles. The van der Waals surface area contributed by atoms with E-state index in [0.29, 0.717) is 39.4 Å². The van der Waals surface area contributed by atoms with Crippen LogP contribution in [-0.2, 0) is 10.3 Å². The van der Waals surface area contributed by atoms with E-state index in [1.165, 1.54) is 0 Å². The molecule has 0 bridgehead atoms. The lowest BCUT2D eigenvalue weighted by Gasteiger charge is -2.26. The SMILES string of the molecule is CCOc1cc([C@@H]2[C@H](C)N[C@@]3(C(=O)Nc4ccccc43)[C@@H]2[N+](=O)[O-])c(Br)cc1OC. The highest BCUT2D eigenvalue weighted by Crippen LogP contribution is 2.51. The standard InChI is InChI=1S/C21H22BrN3O5/c1-4-30-17-9-12(14(22)10-16(17)29-3)18-11(2)24-21(19(18)25(27)28)13-7-5-6-8-15(13)23-20(21)26/h5-11,18-19,24H,4H2,1-3H3,(H,23,26)/t11-,18-,19+,21+/m0/s1. The first-order valence-corrected chi connectivity index (χ1v) is 10.5. The average Bonchev–Trinajstić information content (AvgIpc) is 3.17. The third-order valence-corrected chi connectivity index (χ3v) is 6.59. The molecule has 1 fully saturated rings. The van der Waals surface area contributed by atoms with Crippen molar-refractivity contribution in [1.29, 1.82) is 0 Å². The Bertz CT molecular complexity index is 1030. The van der Waals surface area contributed by atoms with Crippen LogP contribution in [0, 0.1) is 10.1 Å². The largest absolute Gasteiger partial charge is 0.493 e. The number of halogens is 1. The molecule has 1 spiro atoms. The normalized spacial score (nSPS) is 27.1. The molecule has 158 valence electrons. The maximum absolute atomic E-state index is 13.1. The van der Waals surface area contributed by atoms with Gasteiger partial charge in [-0.25, -0.2) is 0 Å². The zero-order valence-electron chi connectivity index (χ0n) is 16.8. The van der Waals surface area contributed by atoms with E-state index in [4.69, 9.17) is 9.47 Å². The van der Waals surface area contributed by atoms with Crippen LogP contribution in [0.25, 0.3) is 0 Å². The van der Waals surface area contributed by atoms with Crippen LogP contribution in [0.4, 0.5) is 5.69 Å². The first-order valence-electron chi connectivity index (χ1n) is 9.67. The summed E-state index contributed by atoms with van der Waals surface area (Å²) in [5, 5.41) is 18.5. The van der Waals surface area contributed by atoms with Gasteiger partial charge < -0.3 is 14.8 Å². The topological polar surface area (TPSA) is 103 Å². The number of carbonyl (C=O) groups is 1. The smallest absolute Gasteiger partial charge is 0.256 e. The number of carbonyl (C=O) groups excluding carboxylic acids is 1. The zero-order valence-corrected chi connectivity index (χ0v) is 18.4. The monoisotopic (exact) mass is 475 g/mol. The molecule has 4 rings (SSSR count). The van der Waals surface area contributed by atoms with Crippen LogP contribution in [0.3, 0.4) is 0 Å². The number of fused-ring (bicyclic) bond motifs is 2. The molecule has 30 heavy (non-hydrogen) atoms. The molecule has 2 aliphatic heterocycles. The van der Waals surface area contributed by atoms with Gasteiger partial charge in [0, 0.05) is 26.7 Å². The molecule has 2 aliphatic rings. The van der Waals surface area contributed by atoms with E-state index >= 15 is 0 Å². The van der Waals surface area contributed by atoms with Gasteiger partial charge in [0.25, 0.3) is 11.9 Å². The fraction of sp³-hybridized carbons (Fsp3) is 0.381. The summed E-state index contributed by atoms with van der Waals surface area (Å²) in [7, 11) is 1.54. The number of amides is 1. The summed E-state index contributed by atoms with van der Waals surface area (Å²) < 4.78 is 11.7. The van der Waals surface area contributed by atoms with Crippen LogP contribution in [0.1, 0.15) is 30.9 Å². The zero-order chi connectivity index (χ0) is 21.6. The summed E-state index contributed by atoms with van der Waals surface area (Å²) in [6.07, 6.45) is 0. The van der Waals surface area contributed by atoms with E-state index in [1.807, 2.05) is 13.8 Å². The first-order chi connectivity index (χ1) is 14.3. The van der Waals surface area contributed by atoms with Gasteiger partial charge in [-0.2, -0.15) is 0 Å². The third-order valence-electron chi connectivity index (χ3n) is 5.91. The van der Waals surface area contributed by atoms with Gasteiger partial charge in [0.15, 0.2) is 17.0 Å². The number of nitro groups is 1. The number of nitrogens with one attached hydrogen (secondary N) is 2. The van der Waals surface area contributed by atoms with Crippen molar-refractivity contribution in [2.24, 2.45) is 0 Å². The third kappa shape index (κ3) is 2.87. The van der Waals surface area contributed by atoms with E-state index in [1.54, 1.807) is 43.5 Å². The highest BCUT2D eigenvalue weighted by molar-refractivity contribution is 9.10. The lowest BCUT2D eigenvalue weighted by atomic mass is 9.78. The van der Waals surface area contributed by atoms with Crippen LogP contribution in [0.2, 0.25) is 0 Å². The Hall–Kier alpha value is -2.65. The van der Waals surface area contributed by atoms with E-state index in [2.05, 4.69) is 26.6 Å². The molecule has 0 aliphatic carbocycles. The molecule has 1 saturated heterocycles. The molecule has 2 N–H and O–H groups in total. The second-order valence-corrected chi connectivity index (χ2v) is 8.31. The Balaban J connectivity index is 1.90. The lowest BCUT2D eigenvalue weighted by molar-refractivity contribution is -0.532. The number of methoxy groups -OCH3 is 1. The number of benzene rings is 2. The predicted octanol–water partition coefficient (Wildman–Crippen LogP) is 3.42. The maximum atomic E-state index is 13.1. The minimum atomic E-state index is -1.45. The molecule has 4 atom stereocenters. The van der Waals surface area contributed by atoms with Gasteiger partial charge in [-0.3, -0.25) is 20.2 Å². The summed E-state index contributed by atoms with van der Waals surface area (Å²) >= 11 is 3.54. The first kappa shape index (κ1) is 20.6. The molecule has 8 nitrogen and oxygen atoms in total. The van der Waals surface area contributed by atoms with Crippen molar-refractivity contribution in [3.05, 3.63) is 62.1 Å². The van der Waals surface area contributed by atoms with Crippen LogP contribution >= 0.6 is 15.9 Å². The molecule has 2 aromatic rings. The Morgan fingerprint density at radius 3 is 2.67 bits per heavy atom. The van der Waals surface area contributed by atoms with Crippen LogP contribution in [0.15, 0.2) is 40.9 Å². The maximum Gasteiger partial charge on any atom is 0.256 e. The molecular weight excluding hydrogens is 454 g/mol. The molecule has 0 unspecified atom stereocenters. The number of rotatable bonds is 5. The predicted molar refractivity (Wildman–Crippen MR) is 115 cm³/mol. The summed E-state index contributed by atoms with van der Waals surface area (Å²) in [5.74, 6) is 0.0398. The molecule has 2 heterocycles. The summed E-state index contributed by atoms with van der Waals surface area (Å²) in [4.78, 5) is 25.2. The van der Waals surface area contributed by atoms with Crippen molar-refractivity contribution in [2.75, 3.05) is 19.0 Å². The molecule has 1 amide bonds. The molecule has 9 heteroatoms. The van der Waals surface area contributed by atoms with Crippen LogP contribution in [-0.4, -0.2) is 36.6 Å². The molecule has 0 radical (unpaired) electrons. The van der Waals surface area contributed by atoms with E-state index < -0.39 is 23.4 Å². The summed E-state index contributed by atoms with van der Waals surface area (Å²) in [6, 6.07) is 9.06. The number of hydrogen-bond donors (Lipinski definition) is 2. The number of nitrogens with zero attached hydrogens (tertiary/aromatic N) is 1. The quantitative estimate of drug-likeness (QED) is 0.507. The Morgan fingerprint density at radius 1 is 1.27 bits per heavy atom. The average molecular weight is 476 g/mol. The van der Waals surface area contributed by atoms with E-state index in [-0.39, 0.29) is 11.0 Å². The second-order valence-electron chi connectivity index (χ2n) is 7.45. The highest BCUT2D eigenvalue weighted by Gasteiger charge is 2.67. The van der Waals surface area contributed by atoms with Gasteiger partial charge in [0.2, 0.25) is 0 Å². The minimum Gasteiger partial charge on any atom is -0.493 e. The van der Waals surface area contributed by atoms with Gasteiger partial charge in [0.1, 0.15) is 0 Å². The van der Waals surface area contributed by atoms with Gasteiger partial charge >= 0.3 is 0 Å². The lowest BCUT2D eigenvalue weighted by Crippen LogP contribution is -2.54. The number of para-hydroxylation sites is 1. The summed E-state index contributed by atoms with van der Waals surface area (Å²) in [5.41, 5.74) is 0.434. The highest BCUT2D eigenvalue weighted by atomic mass is 79.9. The Kier molecular flexibility index (Phi) is 5.19. The van der Waals surface area contributed by atoms with E-state index in [9.17, 15) is 14.9 Å². The van der Waals surface area contributed by atoms with Crippen molar-refractivity contribution in [3.63, 3.8) is 0 Å². The Labute approximate surface area is 182 Å². The van der Waals surface area contributed by atoms with Crippen LogP contribution in [0.5, 0.6) is 11.5 Å². The van der Waals surface area contributed by atoms with Crippen molar-refractivity contribution in [2.45, 2.75) is 37.4 Å². The molecule has 2 aromatic carbocycles. The van der Waals surface area contributed by atoms with Crippen molar-refractivity contribution < 1.29 is 19.2 Å². The molecule has 0 aromatic heterocycles. The van der Waals surface area contributed by atoms with Gasteiger partial charge in [-0.05, 0) is 37.6 Å². The fourth-order valence-corrected chi connectivity index (χ4v) is 5.34. The van der Waals surface area contributed by atoms with E-state index in [0.717, 1.165) is 0 Å². The van der Waals surface area contributed by atoms with Gasteiger partial charge in [0.05, 0.1) is 19.6 Å². The number of ether oxygens (including phenoxy) is 2. The fourth-order valence-electron chi connectivity index (χ4n) is 4.76. The van der Waals surface area contributed by atoms with Crippen molar-refractivity contribution in [1.82, 2.24) is 5.32 Å². The van der Waals surface area contributed by atoms with Gasteiger partial charge in [-0.15, -0.1) is 0 Å².